The summed E-state index contributed by atoms with van der Waals surface area (Å²) in [5.41, 5.74) is 6.33. The van der Waals surface area contributed by atoms with Crippen molar-refractivity contribution in [1.29, 1.82) is 0 Å². The molecule has 1 aliphatic rings. The van der Waals surface area contributed by atoms with Gasteiger partial charge in [-0.05, 0) is 17.7 Å². The molecular formula is C12H16N2O4. The maximum atomic E-state index is 11.6. The number of hydrogen-bond donors (Lipinski definition) is 2. The van der Waals surface area contributed by atoms with Crippen LogP contribution in [0.5, 0.6) is 11.5 Å². The van der Waals surface area contributed by atoms with Crippen molar-refractivity contribution in [3.63, 3.8) is 0 Å². The van der Waals surface area contributed by atoms with E-state index in [1.54, 1.807) is 0 Å². The summed E-state index contributed by atoms with van der Waals surface area (Å²) in [5.74, 6) is 1.20. The Labute approximate surface area is 105 Å². The number of hydrogen-bond acceptors (Lipinski definition) is 5. The molecule has 1 heterocycles. The lowest BCUT2D eigenvalue weighted by molar-refractivity contribution is -0.130. The summed E-state index contributed by atoms with van der Waals surface area (Å²) >= 11 is 0. The van der Waals surface area contributed by atoms with Gasteiger partial charge in [0.05, 0.1) is 0 Å². The number of amides is 1. The van der Waals surface area contributed by atoms with Gasteiger partial charge in [-0.1, -0.05) is 6.07 Å². The lowest BCUT2D eigenvalue weighted by Gasteiger charge is -2.13. The number of benzene rings is 1. The summed E-state index contributed by atoms with van der Waals surface area (Å²) in [6.07, 6.45) is -0.612. The zero-order valence-electron chi connectivity index (χ0n) is 10.1. The highest BCUT2D eigenvalue weighted by atomic mass is 16.7. The van der Waals surface area contributed by atoms with Crippen LogP contribution in [0.3, 0.4) is 0 Å². The van der Waals surface area contributed by atoms with Crippen molar-refractivity contribution in [3.05, 3.63) is 23.8 Å². The molecular weight excluding hydrogens is 236 g/mol. The molecule has 1 amide bonds. The van der Waals surface area contributed by atoms with E-state index in [2.05, 4.69) is 5.32 Å². The van der Waals surface area contributed by atoms with Crippen molar-refractivity contribution in [3.8, 4) is 11.5 Å². The van der Waals surface area contributed by atoms with Gasteiger partial charge in [0.2, 0.25) is 6.79 Å². The van der Waals surface area contributed by atoms with Crippen molar-refractivity contribution in [2.45, 2.75) is 12.6 Å². The van der Waals surface area contributed by atoms with E-state index >= 15 is 0 Å². The second-order valence-corrected chi connectivity index (χ2v) is 3.87. The average molecular weight is 252 g/mol. The summed E-state index contributed by atoms with van der Waals surface area (Å²) in [7, 11) is 1.46. The molecule has 0 saturated heterocycles. The Bertz CT molecular complexity index is 432. The molecule has 0 fully saturated rings. The standard InChI is InChI=1S/C12H16N2O4/c1-16-11(5-13)12(15)14-6-8-2-3-9-10(4-8)18-7-17-9/h2-4,11H,5-7,13H2,1H3,(H,14,15). The Balaban J connectivity index is 1.92. The summed E-state index contributed by atoms with van der Waals surface area (Å²) in [4.78, 5) is 11.6. The number of carbonyl (C=O) groups excluding carboxylic acids is 1. The Morgan fingerprint density at radius 3 is 3.00 bits per heavy atom. The molecule has 1 aliphatic heterocycles. The van der Waals surface area contributed by atoms with Crippen molar-refractivity contribution in [2.75, 3.05) is 20.4 Å². The smallest absolute Gasteiger partial charge is 0.250 e. The van der Waals surface area contributed by atoms with Gasteiger partial charge < -0.3 is 25.3 Å². The molecule has 0 saturated carbocycles. The van der Waals surface area contributed by atoms with Gasteiger partial charge in [-0.25, -0.2) is 0 Å². The highest BCUT2D eigenvalue weighted by Gasteiger charge is 2.16. The Morgan fingerprint density at radius 1 is 1.50 bits per heavy atom. The molecule has 0 aromatic heterocycles. The van der Waals surface area contributed by atoms with E-state index in [0.717, 1.165) is 11.3 Å². The topological polar surface area (TPSA) is 82.8 Å². The Kier molecular flexibility index (Phi) is 4.01. The first-order valence-electron chi connectivity index (χ1n) is 5.63. The molecule has 98 valence electrons. The fraction of sp³-hybridized carbons (Fsp3) is 0.417. The second kappa shape index (κ2) is 5.70. The monoisotopic (exact) mass is 252 g/mol. The maximum Gasteiger partial charge on any atom is 0.250 e. The first-order valence-corrected chi connectivity index (χ1v) is 5.63. The molecule has 0 spiro atoms. The molecule has 3 N–H and O–H groups in total. The number of nitrogens with two attached hydrogens (primary N) is 1. The highest BCUT2D eigenvalue weighted by Crippen LogP contribution is 2.32. The molecule has 0 bridgehead atoms. The van der Waals surface area contributed by atoms with Crippen LogP contribution >= 0.6 is 0 Å². The van der Waals surface area contributed by atoms with E-state index < -0.39 is 6.10 Å². The van der Waals surface area contributed by atoms with Crippen LogP contribution in [0.2, 0.25) is 0 Å². The SMILES string of the molecule is COC(CN)C(=O)NCc1ccc2c(c1)OCO2. The van der Waals surface area contributed by atoms with Crippen LogP contribution in [0.4, 0.5) is 0 Å². The molecule has 0 radical (unpaired) electrons. The van der Waals surface area contributed by atoms with Gasteiger partial charge in [-0.3, -0.25) is 4.79 Å². The molecule has 0 aliphatic carbocycles. The normalized spacial score (nSPS) is 14.3. The number of rotatable bonds is 5. The summed E-state index contributed by atoms with van der Waals surface area (Å²) in [5, 5.41) is 2.75. The van der Waals surface area contributed by atoms with E-state index in [1.807, 2.05) is 18.2 Å². The quantitative estimate of drug-likeness (QED) is 0.771. The highest BCUT2D eigenvalue weighted by molar-refractivity contribution is 5.81. The van der Waals surface area contributed by atoms with Crippen LogP contribution in [0.15, 0.2) is 18.2 Å². The van der Waals surface area contributed by atoms with Crippen LogP contribution in [0.25, 0.3) is 0 Å². The largest absolute Gasteiger partial charge is 0.454 e. The fourth-order valence-electron chi connectivity index (χ4n) is 1.66. The minimum absolute atomic E-state index is 0.156. The van der Waals surface area contributed by atoms with E-state index in [9.17, 15) is 4.79 Å². The molecule has 18 heavy (non-hydrogen) atoms. The van der Waals surface area contributed by atoms with Crippen LogP contribution < -0.4 is 20.5 Å². The van der Waals surface area contributed by atoms with E-state index in [1.165, 1.54) is 7.11 Å². The molecule has 1 aromatic carbocycles. The van der Waals surface area contributed by atoms with Gasteiger partial charge in [-0.15, -0.1) is 0 Å². The van der Waals surface area contributed by atoms with Crippen LogP contribution in [-0.2, 0) is 16.1 Å². The summed E-state index contributed by atoms with van der Waals surface area (Å²) in [6, 6.07) is 5.53. The molecule has 6 heteroatoms. The van der Waals surface area contributed by atoms with Gasteiger partial charge in [0.1, 0.15) is 6.10 Å². The second-order valence-electron chi connectivity index (χ2n) is 3.87. The third-order valence-corrected chi connectivity index (χ3v) is 2.69. The number of ether oxygens (including phenoxy) is 3. The Hall–Kier alpha value is -1.79. The van der Waals surface area contributed by atoms with Crippen LogP contribution in [-0.4, -0.2) is 32.5 Å². The van der Waals surface area contributed by atoms with Crippen LogP contribution in [0.1, 0.15) is 5.56 Å². The number of nitrogens with one attached hydrogen (secondary N) is 1. The third-order valence-electron chi connectivity index (χ3n) is 2.69. The third kappa shape index (κ3) is 2.72. The van der Waals surface area contributed by atoms with E-state index in [4.69, 9.17) is 19.9 Å². The summed E-state index contributed by atoms with van der Waals surface area (Å²) in [6.45, 7) is 0.795. The van der Waals surface area contributed by atoms with Crippen molar-refractivity contribution in [2.24, 2.45) is 5.73 Å². The van der Waals surface area contributed by atoms with Crippen molar-refractivity contribution < 1.29 is 19.0 Å². The van der Waals surface area contributed by atoms with Gasteiger partial charge >= 0.3 is 0 Å². The van der Waals surface area contributed by atoms with Crippen LogP contribution in [0, 0.1) is 0 Å². The van der Waals surface area contributed by atoms with Gasteiger partial charge in [0, 0.05) is 20.2 Å². The first kappa shape index (κ1) is 12.7. The first-order chi connectivity index (χ1) is 8.74. The number of fused-ring (bicyclic) bond motifs is 1. The zero-order valence-corrected chi connectivity index (χ0v) is 10.1. The molecule has 1 unspecified atom stereocenters. The Morgan fingerprint density at radius 2 is 2.28 bits per heavy atom. The molecule has 1 atom stereocenters. The number of methoxy groups -OCH3 is 1. The molecule has 6 nitrogen and oxygen atoms in total. The summed E-state index contributed by atoms with van der Waals surface area (Å²) < 4.78 is 15.4. The van der Waals surface area contributed by atoms with Gasteiger partial charge in [0.25, 0.3) is 5.91 Å². The zero-order chi connectivity index (χ0) is 13.0. The van der Waals surface area contributed by atoms with E-state index in [0.29, 0.717) is 12.3 Å². The van der Waals surface area contributed by atoms with Gasteiger partial charge in [0.15, 0.2) is 11.5 Å². The molecule has 1 aromatic rings. The minimum Gasteiger partial charge on any atom is -0.454 e. The molecule has 2 rings (SSSR count). The van der Waals surface area contributed by atoms with Crippen molar-refractivity contribution >= 4 is 5.91 Å². The van der Waals surface area contributed by atoms with E-state index in [-0.39, 0.29) is 19.2 Å². The minimum atomic E-state index is -0.612. The predicted molar refractivity (Wildman–Crippen MR) is 64.3 cm³/mol. The fourth-order valence-corrected chi connectivity index (χ4v) is 1.66. The maximum absolute atomic E-state index is 11.6. The van der Waals surface area contributed by atoms with Crippen molar-refractivity contribution in [1.82, 2.24) is 5.32 Å². The average Bonchev–Trinajstić information content (AvgIpc) is 2.85. The predicted octanol–water partition coefficient (Wildman–Crippen LogP) is 0.00520. The van der Waals surface area contributed by atoms with Gasteiger partial charge in [-0.2, -0.15) is 0 Å². The lowest BCUT2D eigenvalue weighted by Crippen LogP contribution is -2.40. The number of carbonyl (C=O) groups is 1. The lowest BCUT2D eigenvalue weighted by atomic mass is 10.2.